The van der Waals surface area contributed by atoms with Crippen LogP contribution >= 0.6 is 0 Å². The fraction of sp³-hybridized carbons (Fsp3) is 0.188. The maximum absolute atomic E-state index is 3.92. The average Bonchev–Trinajstić information content (AvgIpc) is 2.31. The van der Waals surface area contributed by atoms with Crippen LogP contribution in [0.2, 0.25) is 0 Å². The lowest BCUT2D eigenvalue weighted by Gasteiger charge is -2.26. The monoisotopic (exact) mass is 209 g/mol. The van der Waals surface area contributed by atoms with Crippen LogP contribution < -0.4 is 0 Å². The highest BCUT2D eigenvalue weighted by Crippen LogP contribution is 2.31. The first-order valence-corrected chi connectivity index (χ1v) is 5.59. The molecule has 0 unspecified atom stereocenters. The highest BCUT2D eigenvalue weighted by Gasteiger charge is 2.22. The zero-order valence-corrected chi connectivity index (χ0v) is 9.90. The van der Waals surface area contributed by atoms with Gasteiger partial charge in [-0.3, -0.25) is 0 Å². The maximum atomic E-state index is 3.92. The molecule has 0 N–H and O–H groups in total. The fourth-order valence-corrected chi connectivity index (χ4v) is 1.94. The minimum Gasteiger partial charge on any atom is -0.0622 e. The quantitative estimate of drug-likeness (QED) is 0.695. The number of hydrogen-bond acceptors (Lipinski definition) is 0. The van der Waals surface area contributed by atoms with Crippen molar-refractivity contribution in [2.24, 2.45) is 0 Å². The third-order valence-corrected chi connectivity index (χ3v) is 3.17. The van der Waals surface area contributed by atoms with Gasteiger partial charge in [0, 0.05) is 5.41 Å². The Morgan fingerprint density at radius 1 is 0.750 bits per heavy atom. The third kappa shape index (κ3) is 2.01. The SMILES string of the molecule is [CH2]c1ccc(C(C)(C)c2ccccc2)cc1. The van der Waals surface area contributed by atoms with E-state index in [0.717, 1.165) is 5.56 Å². The summed E-state index contributed by atoms with van der Waals surface area (Å²) in [7, 11) is 0. The number of benzene rings is 2. The molecule has 0 heteroatoms. The Labute approximate surface area is 97.9 Å². The maximum Gasteiger partial charge on any atom is 0.0146 e. The molecule has 0 aromatic heterocycles. The molecule has 0 aliphatic rings. The van der Waals surface area contributed by atoms with E-state index in [1.807, 2.05) is 0 Å². The van der Waals surface area contributed by atoms with E-state index in [1.165, 1.54) is 11.1 Å². The van der Waals surface area contributed by atoms with E-state index in [-0.39, 0.29) is 5.41 Å². The number of hydrogen-bond donors (Lipinski definition) is 0. The molecule has 1 radical (unpaired) electrons. The first-order valence-electron chi connectivity index (χ1n) is 5.59. The number of rotatable bonds is 2. The second-order valence-corrected chi connectivity index (χ2v) is 4.69. The summed E-state index contributed by atoms with van der Waals surface area (Å²) in [4.78, 5) is 0. The van der Waals surface area contributed by atoms with E-state index in [9.17, 15) is 0 Å². The van der Waals surface area contributed by atoms with Gasteiger partial charge in [0.25, 0.3) is 0 Å². The van der Waals surface area contributed by atoms with Gasteiger partial charge in [0.2, 0.25) is 0 Å². The van der Waals surface area contributed by atoms with Gasteiger partial charge >= 0.3 is 0 Å². The van der Waals surface area contributed by atoms with Crippen molar-refractivity contribution in [3.05, 3.63) is 78.2 Å². The molecule has 81 valence electrons. The minimum atomic E-state index is 0.0506. The summed E-state index contributed by atoms with van der Waals surface area (Å²) in [5.74, 6) is 0. The van der Waals surface area contributed by atoms with E-state index >= 15 is 0 Å². The van der Waals surface area contributed by atoms with Crippen LogP contribution in [0.1, 0.15) is 30.5 Å². The Morgan fingerprint density at radius 3 is 1.81 bits per heavy atom. The highest BCUT2D eigenvalue weighted by molar-refractivity contribution is 5.38. The summed E-state index contributed by atoms with van der Waals surface area (Å²) in [5.41, 5.74) is 3.78. The van der Waals surface area contributed by atoms with E-state index in [2.05, 4.69) is 75.4 Å². The normalized spacial score (nSPS) is 11.4. The van der Waals surface area contributed by atoms with Crippen molar-refractivity contribution in [2.45, 2.75) is 19.3 Å². The Kier molecular flexibility index (Phi) is 2.82. The van der Waals surface area contributed by atoms with Crippen LogP contribution in [0.5, 0.6) is 0 Å². The van der Waals surface area contributed by atoms with Crippen molar-refractivity contribution in [1.29, 1.82) is 0 Å². The smallest absolute Gasteiger partial charge is 0.0146 e. The Morgan fingerprint density at radius 2 is 1.25 bits per heavy atom. The van der Waals surface area contributed by atoms with Crippen LogP contribution in [0, 0.1) is 6.92 Å². The predicted octanol–water partition coefficient (Wildman–Crippen LogP) is 4.19. The molecule has 0 aliphatic heterocycles. The highest BCUT2D eigenvalue weighted by atomic mass is 14.3. The van der Waals surface area contributed by atoms with Gasteiger partial charge in [-0.05, 0) is 23.6 Å². The van der Waals surface area contributed by atoms with Crippen LogP contribution in [0.15, 0.2) is 54.6 Å². The molecular weight excluding hydrogens is 192 g/mol. The van der Waals surface area contributed by atoms with Crippen molar-refractivity contribution < 1.29 is 0 Å². The molecule has 16 heavy (non-hydrogen) atoms. The van der Waals surface area contributed by atoms with E-state index in [1.54, 1.807) is 0 Å². The summed E-state index contributed by atoms with van der Waals surface area (Å²) in [6.45, 7) is 8.42. The zero-order valence-electron chi connectivity index (χ0n) is 9.90. The van der Waals surface area contributed by atoms with Crippen LogP contribution in [0.4, 0.5) is 0 Å². The van der Waals surface area contributed by atoms with E-state index in [4.69, 9.17) is 0 Å². The first-order chi connectivity index (χ1) is 7.60. The van der Waals surface area contributed by atoms with Crippen molar-refractivity contribution in [3.8, 4) is 0 Å². The summed E-state index contributed by atoms with van der Waals surface area (Å²) >= 11 is 0. The molecular formula is C16H17. The Hall–Kier alpha value is -1.56. The first kappa shape index (κ1) is 10.9. The van der Waals surface area contributed by atoms with Gasteiger partial charge in [-0.15, -0.1) is 0 Å². The van der Waals surface area contributed by atoms with Gasteiger partial charge in [0.15, 0.2) is 0 Å². The molecule has 2 rings (SSSR count). The van der Waals surface area contributed by atoms with Gasteiger partial charge in [-0.1, -0.05) is 68.4 Å². The summed E-state index contributed by atoms with van der Waals surface area (Å²) < 4.78 is 0. The van der Waals surface area contributed by atoms with Gasteiger partial charge in [-0.25, -0.2) is 0 Å². The van der Waals surface area contributed by atoms with Gasteiger partial charge < -0.3 is 0 Å². The van der Waals surface area contributed by atoms with Gasteiger partial charge in [-0.2, -0.15) is 0 Å². The molecule has 0 spiro atoms. The van der Waals surface area contributed by atoms with Gasteiger partial charge in [0.1, 0.15) is 0 Å². The lowest BCUT2D eigenvalue weighted by atomic mass is 9.78. The molecule has 0 fully saturated rings. The standard InChI is InChI=1S/C16H17/c1-13-9-11-15(12-10-13)16(2,3)14-7-5-4-6-8-14/h4-12H,1H2,2-3H3. The third-order valence-electron chi connectivity index (χ3n) is 3.17. The molecule has 0 nitrogen and oxygen atoms in total. The van der Waals surface area contributed by atoms with Crippen molar-refractivity contribution in [2.75, 3.05) is 0 Å². The summed E-state index contributed by atoms with van der Waals surface area (Å²) in [5, 5.41) is 0. The molecule has 0 saturated carbocycles. The second-order valence-electron chi connectivity index (χ2n) is 4.69. The summed E-state index contributed by atoms with van der Waals surface area (Å²) in [6, 6.07) is 19.1. The van der Waals surface area contributed by atoms with Crippen molar-refractivity contribution in [3.63, 3.8) is 0 Å². The predicted molar refractivity (Wildman–Crippen MR) is 69.5 cm³/mol. The van der Waals surface area contributed by atoms with E-state index in [0.29, 0.717) is 0 Å². The van der Waals surface area contributed by atoms with Crippen LogP contribution in [-0.4, -0.2) is 0 Å². The summed E-state index contributed by atoms with van der Waals surface area (Å²) in [6.07, 6.45) is 0. The van der Waals surface area contributed by atoms with Crippen LogP contribution in [0.25, 0.3) is 0 Å². The Balaban J connectivity index is 2.43. The zero-order chi connectivity index (χ0) is 11.6. The molecule has 2 aromatic rings. The fourth-order valence-electron chi connectivity index (χ4n) is 1.94. The van der Waals surface area contributed by atoms with Crippen LogP contribution in [-0.2, 0) is 5.41 Å². The lowest BCUT2D eigenvalue weighted by molar-refractivity contribution is 0.641. The Bertz CT molecular complexity index is 449. The van der Waals surface area contributed by atoms with Crippen molar-refractivity contribution in [1.82, 2.24) is 0 Å². The second kappa shape index (κ2) is 4.13. The van der Waals surface area contributed by atoms with E-state index < -0.39 is 0 Å². The molecule has 0 amide bonds. The lowest BCUT2D eigenvalue weighted by Crippen LogP contribution is -2.18. The molecule has 2 aromatic carbocycles. The largest absolute Gasteiger partial charge is 0.0622 e. The molecule has 0 atom stereocenters. The van der Waals surface area contributed by atoms with Crippen molar-refractivity contribution >= 4 is 0 Å². The van der Waals surface area contributed by atoms with Gasteiger partial charge in [0.05, 0.1) is 0 Å². The molecule has 0 saturated heterocycles. The molecule has 0 heterocycles. The average molecular weight is 209 g/mol. The topological polar surface area (TPSA) is 0 Å². The molecule has 0 bridgehead atoms. The minimum absolute atomic E-state index is 0.0506. The van der Waals surface area contributed by atoms with Crippen LogP contribution in [0.3, 0.4) is 0 Å². The molecule has 0 aliphatic carbocycles.